The maximum atomic E-state index is 11.8. The zero-order chi connectivity index (χ0) is 14.5. The Balaban J connectivity index is 2.03. The highest BCUT2D eigenvalue weighted by Crippen LogP contribution is 2.16. The number of rotatable bonds is 2. The number of carbonyl (C=O) groups is 1. The number of nitriles is 1. The maximum absolute atomic E-state index is 11.8. The number of ether oxygens (including phenoxy) is 1. The van der Waals surface area contributed by atoms with Gasteiger partial charge in [-0.15, -0.1) is 0 Å². The molecule has 0 fully saturated rings. The van der Waals surface area contributed by atoms with Gasteiger partial charge in [0, 0.05) is 5.69 Å². The van der Waals surface area contributed by atoms with Crippen LogP contribution in [0, 0.1) is 25.2 Å². The predicted molar refractivity (Wildman–Crippen MR) is 76.7 cm³/mol. The topological polar surface area (TPSA) is 62.1 Å². The number of carbonyl (C=O) groups excluding carboxylic acids is 1. The Hall–Kier alpha value is -2.80. The van der Waals surface area contributed by atoms with E-state index in [2.05, 4.69) is 5.32 Å². The van der Waals surface area contributed by atoms with E-state index in [0.717, 1.165) is 11.1 Å². The normalized spacial score (nSPS) is 9.65. The minimum Gasteiger partial charge on any atom is -0.410 e. The number of nitrogens with zero attached hydrogens (tertiary/aromatic N) is 1. The van der Waals surface area contributed by atoms with Crippen LogP contribution in [0.2, 0.25) is 0 Å². The van der Waals surface area contributed by atoms with E-state index in [4.69, 9.17) is 10.00 Å². The second-order valence-electron chi connectivity index (χ2n) is 4.53. The van der Waals surface area contributed by atoms with Gasteiger partial charge in [0.1, 0.15) is 5.75 Å². The van der Waals surface area contributed by atoms with Gasteiger partial charge in [-0.3, -0.25) is 5.32 Å². The molecule has 4 heteroatoms. The van der Waals surface area contributed by atoms with Crippen LogP contribution in [0.15, 0.2) is 42.5 Å². The highest BCUT2D eigenvalue weighted by Gasteiger charge is 2.06. The molecule has 0 unspecified atom stereocenters. The quantitative estimate of drug-likeness (QED) is 0.899. The monoisotopic (exact) mass is 266 g/mol. The van der Waals surface area contributed by atoms with Gasteiger partial charge in [0.15, 0.2) is 0 Å². The molecule has 2 rings (SSSR count). The van der Waals surface area contributed by atoms with Crippen LogP contribution in [0.25, 0.3) is 0 Å². The summed E-state index contributed by atoms with van der Waals surface area (Å²) in [5, 5.41) is 11.4. The van der Waals surface area contributed by atoms with E-state index in [1.807, 2.05) is 38.1 Å². The molecule has 0 atom stereocenters. The van der Waals surface area contributed by atoms with Crippen LogP contribution < -0.4 is 10.1 Å². The van der Waals surface area contributed by atoms with Crippen molar-refractivity contribution in [1.82, 2.24) is 0 Å². The van der Waals surface area contributed by atoms with E-state index in [1.54, 1.807) is 24.3 Å². The summed E-state index contributed by atoms with van der Waals surface area (Å²) in [5.74, 6) is 0.394. The summed E-state index contributed by atoms with van der Waals surface area (Å²) < 4.78 is 5.14. The summed E-state index contributed by atoms with van der Waals surface area (Å²) in [5.41, 5.74) is 3.35. The lowest BCUT2D eigenvalue weighted by atomic mass is 10.1. The largest absolute Gasteiger partial charge is 0.417 e. The van der Waals surface area contributed by atoms with Gasteiger partial charge >= 0.3 is 6.09 Å². The number of benzene rings is 2. The molecule has 0 bridgehead atoms. The van der Waals surface area contributed by atoms with E-state index >= 15 is 0 Å². The molecule has 100 valence electrons. The summed E-state index contributed by atoms with van der Waals surface area (Å²) >= 11 is 0. The molecule has 1 N–H and O–H groups in total. The molecule has 0 saturated carbocycles. The first kappa shape index (κ1) is 13.6. The highest BCUT2D eigenvalue weighted by atomic mass is 16.6. The maximum Gasteiger partial charge on any atom is 0.417 e. The Labute approximate surface area is 117 Å². The van der Waals surface area contributed by atoms with Gasteiger partial charge < -0.3 is 4.74 Å². The molecule has 0 radical (unpaired) electrons. The smallest absolute Gasteiger partial charge is 0.410 e. The second-order valence-corrected chi connectivity index (χ2v) is 4.53. The molecule has 4 nitrogen and oxygen atoms in total. The van der Waals surface area contributed by atoms with Crippen molar-refractivity contribution in [2.24, 2.45) is 0 Å². The molecular formula is C16H14N2O2. The van der Waals surface area contributed by atoms with Gasteiger partial charge in [-0.1, -0.05) is 6.07 Å². The fraction of sp³-hybridized carbons (Fsp3) is 0.125. The number of anilines is 1. The Morgan fingerprint density at radius 3 is 2.25 bits per heavy atom. The first-order valence-electron chi connectivity index (χ1n) is 6.14. The highest BCUT2D eigenvalue weighted by molar-refractivity contribution is 5.86. The summed E-state index contributed by atoms with van der Waals surface area (Å²) in [6.45, 7) is 3.92. The van der Waals surface area contributed by atoms with Crippen LogP contribution in [-0.4, -0.2) is 6.09 Å². The first-order chi connectivity index (χ1) is 9.56. The fourth-order valence-corrected chi connectivity index (χ4v) is 1.89. The van der Waals surface area contributed by atoms with Crippen LogP contribution >= 0.6 is 0 Å². The van der Waals surface area contributed by atoms with E-state index in [9.17, 15) is 4.79 Å². The SMILES string of the molecule is Cc1cc(C)cc(NC(=O)Oc2ccc(C#N)cc2)c1. The molecule has 0 heterocycles. The van der Waals surface area contributed by atoms with Crippen LogP contribution in [0.5, 0.6) is 5.75 Å². The summed E-state index contributed by atoms with van der Waals surface area (Å²) in [4.78, 5) is 11.8. The molecule has 20 heavy (non-hydrogen) atoms. The first-order valence-corrected chi connectivity index (χ1v) is 6.14. The minimum atomic E-state index is -0.556. The minimum absolute atomic E-state index is 0.394. The van der Waals surface area contributed by atoms with E-state index in [1.165, 1.54) is 0 Å². The third kappa shape index (κ3) is 3.59. The second kappa shape index (κ2) is 5.89. The van der Waals surface area contributed by atoms with Gasteiger partial charge in [0.2, 0.25) is 0 Å². The molecule has 2 aromatic carbocycles. The number of nitrogens with one attached hydrogen (secondary N) is 1. The Morgan fingerprint density at radius 1 is 1.10 bits per heavy atom. The zero-order valence-electron chi connectivity index (χ0n) is 11.3. The van der Waals surface area contributed by atoms with Crippen molar-refractivity contribution in [2.75, 3.05) is 5.32 Å². The number of aryl methyl sites for hydroxylation is 2. The van der Waals surface area contributed by atoms with E-state index in [0.29, 0.717) is 17.0 Å². The van der Waals surface area contributed by atoms with Crippen molar-refractivity contribution >= 4 is 11.8 Å². The molecule has 0 aliphatic carbocycles. The number of hydrogen-bond acceptors (Lipinski definition) is 3. The lowest BCUT2D eigenvalue weighted by Crippen LogP contribution is -2.16. The van der Waals surface area contributed by atoms with Crippen molar-refractivity contribution < 1.29 is 9.53 Å². The standard InChI is InChI=1S/C16H14N2O2/c1-11-7-12(2)9-14(8-11)18-16(19)20-15-5-3-13(10-17)4-6-15/h3-9H,1-2H3,(H,18,19). The summed E-state index contributed by atoms with van der Waals surface area (Å²) in [6, 6.07) is 14.1. The fourth-order valence-electron chi connectivity index (χ4n) is 1.89. The average Bonchev–Trinajstić information content (AvgIpc) is 2.38. The molecule has 0 aliphatic rings. The molecular weight excluding hydrogens is 252 g/mol. The van der Waals surface area contributed by atoms with Crippen LogP contribution in [0.1, 0.15) is 16.7 Å². The number of amides is 1. The van der Waals surface area contributed by atoms with Crippen molar-refractivity contribution in [3.63, 3.8) is 0 Å². The molecule has 0 aliphatic heterocycles. The third-order valence-electron chi connectivity index (χ3n) is 2.66. The van der Waals surface area contributed by atoms with Crippen molar-refractivity contribution in [2.45, 2.75) is 13.8 Å². The Morgan fingerprint density at radius 2 is 1.70 bits per heavy atom. The summed E-state index contributed by atoms with van der Waals surface area (Å²) in [7, 11) is 0. The van der Waals surface area contributed by atoms with Gasteiger partial charge in [-0.05, 0) is 61.4 Å². The van der Waals surface area contributed by atoms with Gasteiger partial charge in [0.05, 0.1) is 11.6 Å². The van der Waals surface area contributed by atoms with E-state index < -0.39 is 6.09 Å². The van der Waals surface area contributed by atoms with Gasteiger partial charge in [-0.2, -0.15) is 5.26 Å². The van der Waals surface area contributed by atoms with E-state index in [-0.39, 0.29) is 0 Å². The lowest BCUT2D eigenvalue weighted by Gasteiger charge is -2.08. The molecule has 2 aromatic rings. The number of hydrogen-bond donors (Lipinski definition) is 1. The lowest BCUT2D eigenvalue weighted by molar-refractivity contribution is 0.215. The summed E-state index contributed by atoms with van der Waals surface area (Å²) in [6.07, 6.45) is -0.556. The average molecular weight is 266 g/mol. The van der Waals surface area contributed by atoms with Crippen molar-refractivity contribution in [3.05, 3.63) is 59.2 Å². The van der Waals surface area contributed by atoms with Crippen LogP contribution in [0.3, 0.4) is 0 Å². The molecule has 0 aromatic heterocycles. The predicted octanol–water partition coefficient (Wildman–Crippen LogP) is 3.79. The van der Waals surface area contributed by atoms with Gasteiger partial charge in [0.25, 0.3) is 0 Å². The Kier molecular flexibility index (Phi) is 4.02. The molecule has 0 spiro atoms. The molecule has 0 saturated heterocycles. The van der Waals surface area contributed by atoms with Crippen molar-refractivity contribution in [1.29, 1.82) is 5.26 Å². The molecule has 1 amide bonds. The zero-order valence-corrected chi connectivity index (χ0v) is 11.3. The third-order valence-corrected chi connectivity index (χ3v) is 2.66. The Bertz CT molecular complexity index is 650. The van der Waals surface area contributed by atoms with Crippen molar-refractivity contribution in [3.8, 4) is 11.8 Å². The van der Waals surface area contributed by atoms with Crippen LogP contribution in [-0.2, 0) is 0 Å². The van der Waals surface area contributed by atoms with Gasteiger partial charge in [-0.25, -0.2) is 4.79 Å². The van der Waals surface area contributed by atoms with Crippen LogP contribution in [0.4, 0.5) is 10.5 Å².